The number of fused-ring (bicyclic) bond motifs is 1. The normalized spacial score (nSPS) is 13.5. The minimum atomic E-state index is -0.307. The standard InChI is InChI=1S/C27H24Cl2N4O4/c1-35-20-15-21(36-2)24(29)22(23(20)28)16-7-8-17(26-25(16)30-9-10-31-26)27(34)32-18-5-3-4-6-19(18)33-11-13-37-14-12-33/h3-10,15H,11-14H2,1-2H3,(H,32,34). The lowest BCUT2D eigenvalue weighted by molar-refractivity contribution is 0.102. The molecular weight excluding hydrogens is 515 g/mol. The summed E-state index contributed by atoms with van der Waals surface area (Å²) in [5.74, 6) is 0.492. The number of ether oxygens (including phenoxy) is 3. The fourth-order valence-corrected chi connectivity index (χ4v) is 5.12. The first-order chi connectivity index (χ1) is 18.0. The highest BCUT2D eigenvalue weighted by Crippen LogP contribution is 2.47. The largest absolute Gasteiger partial charge is 0.495 e. The Kier molecular flexibility index (Phi) is 7.32. The average Bonchev–Trinajstić information content (AvgIpc) is 2.94. The zero-order valence-corrected chi connectivity index (χ0v) is 21.8. The van der Waals surface area contributed by atoms with Crippen LogP contribution in [0.4, 0.5) is 11.4 Å². The second-order valence-electron chi connectivity index (χ2n) is 8.27. The topological polar surface area (TPSA) is 85.8 Å². The molecule has 0 aliphatic carbocycles. The molecule has 0 saturated carbocycles. The van der Waals surface area contributed by atoms with Crippen molar-refractivity contribution in [1.82, 2.24) is 9.97 Å². The number of nitrogens with one attached hydrogen (secondary N) is 1. The summed E-state index contributed by atoms with van der Waals surface area (Å²) in [7, 11) is 3.02. The molecule has 1 saturated heterocycles. The van der Waals surface area contributed by atoms with Crippen LogP contribution in [0.25, 0.3) is 22.2 Å². The second-order valence-corrected chi connectivity index (χ2v) is 9.02. The minimum absolute atomic E-state index is 0.303. The van der Waals surface area contributed by atoms with Gasteiger partial charge in [0.2, 0.25) is 0 Å². The molecule has 3 aromatic carbocycles. The van der Waals surface area contributed by atoms with Crippen molar-refractivity contribution in [3.63, 3.8) is 0 Å². The van der Waals surface area contributed by atoms with Crippen LogP contribution in [0.3, 0.4) is 0 Å². The lowest BCUT2D eigenvalue weighted by atomic mass is 9.99. The Bertz CT molecular complexity index is 1450. The Hall–Kier alpha value is -3.59. The van der Waals surface area contributed by atoms with Crippen LogP contribution in [-0.2, 0) is 4.74 Å². The maximum absolute atomic E-state index is 13.5. The van der Waals surface area contributed by atoms with Crippen LogP contribution in [0.15, 0.2) is 54.9 Å². The van der Waals surface area contributed by atoms with Crippen molar-refractivity contribution >= 4 is 51.5 Å². The SMILES string of the molecule is COc1cc(OC)c(Cl)c(-c2ccc(C(=O)Nc3ccccc3N3CCOCC3)c3nccnc23)c1Cl. The van der Waals surface area contributed by atoms with Gasteiger partial charge < -0.3 is 24.4 Å². The molecule has 37 heavy (non-hydrogen) atoms. The van der Waals surface area contributed by atoms with Gasteiger partial charge in [-0.3, -0.25) is 14.8 Å². The van der Waals surface area contributed by atoms with E-state index in [9.17, 15) is 4.79 Å². The number of carbonyl (C=O) groups excluding carboxylic acids is 1. The molecule has 1 amide bonds. The van der Waals surface area contributed by atoms with E-state index in [1.165, 1.54) is 14.2 Å². The fraction of sp³-hybridized carbons (Fsp3) is 0.222. The van der Waals surface area contributed by atoms with Gasteiger partial charge >= 0.3 is 0 Å². The molecule has 1 fully saturated rings. The Morgan fingerprint density at radius 3 is 2.27 bits per heavy atom. The van der Waals surface area contributed by atoms with Crippen molar-refractivity contribution in [2.24, 2.45) is 0 Å². The maximum Gasteiger partial charge on any atom is 0.257 e. The van der Waals surface area contributed by atoms with Gasteiger partial charge in [-0.2, -0.15) is 0 Å². The van der Waals surface area contributed by atoms with Crippen LogP contribution in [-0.4, -0.2) is 56.4 Å². The lowest BCUT2D eigenvalue weighted by Crippen LogP contribution is -2.36. The van der Waals surface area contributed by atoms with Crippen LogP contribution < -0.4 is 19.7 Å². The third-order valence-electron chi connectivity index (χ3n) is 6.22. The number of aromatic nitrogens is 2. The molecule has 1 aromatic heterocycles. The molecule has 5 rings (SSSR count). The lowest BCUT2D eigenvalue weighted by Gasteiger charge is -2.30. The average molecular weight is 539 g/mol. The summed E-state index contributed by atoms with van der Waals surface area (Å²) in [4.78, 5) is 24.7. The van der Waals surface area contributed by atoms with E-state index in [1.807, 2.05) is 24.3 Å². The number of nitrogens with zero attached hydrogens (tertiary/aromatic N) is 3. The predicted octanol–water partition coefficient (Wildman–Crippen LogP) is 5.71. The molecule has 1 aliphatic rings. The number of morpholine rings is 1. The number of halogens is 2. The third kappa shape index (κ3) is 4.75. The molecule has 190 valence electrons. The summed E-state index contributed by atoms with van der Waals surface area (Å²) in [5, 5.41) is 3.66. The smallest absolute Gasteiger partial charge is 0.257 e. The Labute approximate surface area is 224 Å². The van der Waals surface area contributed by atoms with Crippen LogP contribution in [0.2, 0.25) is 10.0 Å². The maximum atomic E-state index is 13.5. The summed E-state index contributed by atoms with van der Waals surface area (Å²) in [6, 6.07) is 12.8. The molecule has 1 N–H and O–H groups in total. The van der Waals surface area contributed by atoms with Gasteiger partial charge in [0, 0.05) is 42.7 Å². The molecule has 2 heterocycles. The van der Waals surface area contributed by atoms with E-state index in [0.29, 0.717) is 68.2 Å². The Morgan fingerprint density at radius 1 is 0.946 bits per heavy atom. The highest BCUT2D eigenvalue weighted by atomic mass is 35.5. The number of amides is 1. The first-order valence-corrected chi connectivity index (χ1v) is 12.4. The van der Waals surface area contributed by atoms with Gasteiger partial charge in [0.15, 0.2) is 0 Å². The number of hydrogen-bond acceptors (Lipinski definition) is 7. The highest BCUT2D eigenvalue weighted by molar-refractivity contribution is 6.41. The zero-order chi connectivity index (χ0) is 25.9. The van der Waals surface area contributed by atoms with Gasteiger partial charge in [0.1, 0.15) is 17.0 Å². The number of hydrogen-bond donors (Lipinski definition) is 1. The Morgan fingerprint density at radius 2 is 1.59 bits per heavy atom. The van der Waals surface area contributed by atoms with E-state index in [-0.39, 0.29) is 5.91 Å². The summed E-state index contributed by atoms with van der Waals surface area (Å²) < 4.78 is 16.3. The minimum Gasteiger partial charge on any atom is -0.495 e. The zero-order valence-electron chi connectivity index (χ0n) is 20.3. The van der Waals surface area contributed by atoms with Crippen molar-refractivity contribution in [2.45, 2.75) is 0 Å². The van der Waals surface area contributed by atoms with Gasteiger partial charge in [-0.15, -0.1) is 0 Å². The first-order valence-electron chi connectivity index (χ1n) is 11.6. The monoisotopic (exact) mass is 538 g/mol. The number of para-hydroxylation sites is 2. The summed E-state index contributed by atoms with van der Waals surface area (Å²) in [6.07, 6.45) is 3.10. The van der Waals surface area contributed by atoms with Crippen LogP contribution in [0.1, 0.15) is 10.4 Å². The second kappa shape index (κ2) is 10.8. The molecule has 8 nitrogen and oxygen atoms in total. The molecule has 0 bridgehead atoms. The summed E-state index contributed by atoms with van der Waals surface area (Å²) >= 11 is 13.3. The fourth-order valence-electron chi connectivity index (χ4n) is 4.41. The number of anilines is 2. The highest BCUT2D eigenvalue weighted by Gasteiger charge is 2.24. The quantitative estimate of drug-likeness (QED) is 0.336. The number of benzene rings is 3. The van der Waals surface area contributed by atoms with Gasteiger partial charge in [-0.05, 0) is 18.2 Å². The van der Waals surface area contributed by atoms with Crippen molar-refractivity contribution in [1.29, 1.82) is 0 Å². The number of rotatable bonds is 6. The summed E-state index contributed by atoms with van der Waals surface area (Å²) in [5.41, 5.74) is 3.97. The van der Waals surface area contributed by atoms with Crippen LogP contribution in [0.5, 0.6) is 11.5 Å². The molecular formula is C27H24Cl2N4O4. The van der Waals surface area contributed by atoms with Gasteiger partial charge in [0.25, 0.3) is 5.91 Å². The van der Waals surface area contributed by atoms with E-state index >= 15 is 0 Å². The molecule has 1 aliphatic heterocycles. The van der Waals surface area contributed by atoms with Crippen molar-refractivity contribution in [2.75, 3.05) is 50.7 Å². The van der Waals surface area contributed by atoms with E-state index in [2.05, 4.69) is 20.2 Å². The van der Waals surface area contributed by atoms with Gasteiger partial charge in [-0.25, -0.2) is 0 Å². The van der Waals surface area contributed by atoms with Crippen molar-refractivity contribution in [3.05, 3.63) is 70.5 Å². The van der Waals surface area contributed by atoms with E-state index in [1.54, 1.807) is 30.6 Å². The van der Waals surface area contributed by atoms with E-state index in [4.69, 9.17) is 37.4 Å². The van der Waals surface area contributed by atoms with E-state index in [0.717, 1.165) is 18.8 Å². The first kappa shape index (κ1) is 25.1. The van der Waals surface area contributed by atoms with Crippen LogP contribution in [0, 0.1) is 0 Å². The molecule has 0 atom stereocenters. The van der Waals surface area contributed by atoms with Crippen LogP contribution >= 0.6 is 23.2 Å². The van der Waals surface area contributed by atoms with Crippen molar-refractivity contribution < 1.29 is 19.0 Å². The number of methoxy groups -OCH3 is 2. The molecule has 4 aromatic rings. The third-order valence-corrected chi connectivity index (χ3v) is 6.97. The van der Waals surface area contributed by atoms with Crippen molar-refractivity contribution in [3.8, 4) is 22.6 Å². The molecule has 0 unspecified atom stereocenters. The predicted molar refractivity (Wildman–Crippen MR) is 146 cm³/mol. The number of carbonyl (C=O) groups is 1. The molecule has 0 radical (unpaired) electrons. The Balaban J connectivity index is 1.58. The van der Waals surface area contributed by atoms with Gasteiger partial charge in [0.05, 0.1) is 59.9 Å². The van der Waals surface area contributed by atoms with E-state index < -0.39 is 0 Å². The molecule has 0 spiro atoms. The summed E-state index contributed by atoms with van der Waals surface area (Å²) in [6.45, 7) is 2.79. The molecule has 10 heteroatoms. The van der Waals surface area contributed by atoms with Gasteiger partial charge in [-0.1, -0.05) is 41.4 Å².